The molecule has 146 valence electrons. The summed E-state index contributed by atoms with van der Waals surface area (Å²) >= 11 is 0. The largest absolute Gasteiger partial charge is 0.454 e. The van der Waals surface area contributed by atoms with Gasteiger partial charge < -0.3 is 14.4 Å². The first kappa shape index (κ1) is 17.6. The Labute approximate surface area is 164 Å². The summed E-state index contributed by atoms with van der Waals surface area (Å²) < 4.78 is 36.8. The molecule has 2 unspecified atom stereocenters. The topological polar surface area (TPSA) is 72.9 Å². The van der Waals surface area contributed by atoms with Crippen LogP contribution < -0.4 is 9.47 Å². The van der Waals surface area contributed by atoms with Gasteiger partial charge in [-0.15, -0.1) is 0 Å². The van der Waals surface area contributed by atoms with Crippen molar-refractivity contribution in [3.63, 3.8) is 0 Å². The van der Waals surface area contributed by atoms with Crippen LogP contribution in [0.15, 0.2) is 53.4 Å². The Kier molecular flexibility index (Phi) is 4.08. The number of amides is 1. The molecule has 0 radical (unpaired) electrons. The van der Waals surface area contributed by atoms with Crippen molar-refractivity contribution in [3.8, 4) is 11.5 Å². The van der Waals surface area contributed by atoms with Gasteiger partial charge in [0.2, 0.25) is 6.79 Å². The Bertz CT molecular complexity index is 1010. The van der Waals surface area contributed by atoms with E-state index in [1.165, 1.54) is 0 Å². The molecule has 6 nitrogen and oxygen atoms in total. The number of carbonyl (C=O) groups excluding carboxylic acids is 1. The minimum atomic E-state index is -3.38. The summed E-state index contributed by atoms with van der Waals surface area (Å²) in [4.78, 5) is 15.4. The molecule has 2 saturated heterocycles. The molecule has 3 aliphatic rings. The maximum Gasteiger partial charge on any atom is 0.254 e. The van der Waals surface area contributed by atoms with Crippen LogP contribution in [0.2, 0.25) is 0 Å². The normalized spacial score (nSPS) is 25.7. The van der Waals surface area contributed by atoms with Crippen molar-refractivity contribution in [3.05, 3.63) is 54.1 Å². The first-order valence-corrected chi connectivity index (χ1v) is 11.1. The van der Waals surface area contributed by atoms with Gasteiger partial charge in [-0.05, 0) is 56.0 Å². The number of fused-ring (bicyclic) bond motifs is 3. The van der Waals surface area contributed by atoms with Crippen molar-refractivity contribution in [2.24, 2.45) is 0 Å². The molecule has 28 heavy (non-hydrogen) atoms. The van der Waals surface area contributed by atoms with Crippen LogP contribution in [0.5, 0.6) is 11.5 Å². The van der Waals surface area contributed by atoms with Crippen LogP contribution in [-0.4, -0.2) is 43.4 Å². The number of ether oxygens (including phenoxy) is 2. The van der Waals surface area contributed by atoms with E-state index in [2.05, 4.69) is 0 Å². The van der Waals surface area contributed by atoms with Gasteiger partial charge in [0.1, 0.15) is 0 Å². The summed E-state index contributed by atoms with van der Waals surface area (Å²) in [6.07, 6.45) is 2.68. The van der Waals surface area contributed by atoms with E-state index in [0.29, 0.717) is 34.8 Å². The highest BCUT2D eigenvalue weighted by Gasteiger charge is 2.47. The zero-order valence-electron chi connectivity index (χ0n) is 15.3. The number of piperidine rings is 1. The molecule has 0 spiro atoms. The lowest BCUT2D eigenvalue weighted by Crippen LogP contribution is -2.49. The van der Waals surface area contributed by atoms with Crippen LogP contribution in [-0.2, 0) is 9.84 Å². The average Bonchev–Trinajstić information content (AvgIpc) is 3.29. The second-order valence-electron chi connectivity index (χ2n) is 7.62. The van der Waals surface area contributed by atoms with Gasteiger partial charge in [-0.25, -0.2) is 8.42 Å². The molecular formula is C21H21NO5S. The monoisotopic (exact) mass is 399 g/mol. The number of hydrogen-bond donors (Lipinski definition) is 0. The number of hydrogen-bond acceptors (Lipinski definition) is 5. The molecule has 2 aromatic rings. The number of carbonyl (C=O) groups is 1. The maximum atomic E-state index is 13.2. The molecule has 3 aliphatic heterocycles. The fourth-order valence-electron chi connectivity index (χ4n) is 4.69. The van der Waals surface area contributed by atoms with Gasteiger partial charge >= 0.3 is 0 Å². The summed E-state index contributed by atoms with van der Waals surface area (Å²) in [5.74, 6) is 1.17. The molecule has 0 aromatic heterocycles. The molecule has 5 rings (SSSR count). The number of nitrogens with zero attached hydrogens (tertiary/aromatic N) is 1. The molecule has 1 amide bonds. The Morgan fingerprint density at radius 3 is 2.32 bits per heavy atom. The van der Waals surface area contributed by atoms with E-state index in [4.69, 9.17) is 9.47 Å². The van der Waals surface area contributed by atoms with E-state index in [-0.39, 0.29) is 24.8 Å². The molecule has 2 bridgehead atoms. The number of sulfone groups is 1. The minimum Gasteiger partial charge on any atom is -0.454 e. The second-order valence-corrected chi connectivity index (χ2v) is 9.85. The molecular weight excluding hydrogens is 378 g/mol. The lowest BCUT2D eigenvalue weighted by atomic mass is 10.0. The molecule has 3 heterocycles. The Morgan fingerprint density at radius 2 is 1.61 bits per heavy atom. The van der Waals surface area contributed by atoms with Crippen molar-refractivity contribution in [1.82, 2.24) is 4.90 Å². The van der Waals surface area contributed by atoms with Crippen LogP contribution in [0, 0.1) is 0 Å². The highest BCUT2D eigenvalue weighted by Crippen LogP contribution is 2.41. The van der Waals surface area contributed by atoms with Crippen LogP contribution >= 0.6 is 0 Å². The van der Waals surface area contributed by atoms with E-state index < -0.39 is 15.1 Å². The van der Waals surface area contributed by atoms with Crippen molar-refractivity contribution < 1.29 is 22.7 Å². The molecule has 0 saturated carbocycles. The minimum absolute atomic E-state index is 0.0415. The molecule has 2 fully saturated rings. The highest BCUT2D eigenvalue weighted by molar-refractivity contribution is 7.92. The standard InChI is InChI=1S/C21H21NO5S/c23-21(14-6-9-19-20(10-14)27-13-26-19)22-15-7-8-16(22)12-18(11-15)28(24,25)17-4-2-1-3-5-17/h1-6,9-10,15-16,18H,7-8,11-13H2. The first-order chi connectivity index (χ1) is 13.5. The van der Waals surface area contributed by atoms with E-state index in [9.17, 15) is 13.2 Å². The summed E-state index contributed by atoms with van der Waals surface area (Å²) in [6, 6.07) is 13.8. The van der Waals surface area contributed by atoms with Crippen LogP contribution in [0.25, 0.3) is 0 Å². The summed E-state index contributed by atoms with van der Waals surface area (Å²) in [5.41, 5.74) is 0.561. The van der Waals surface area contributed by atoms with Gasteiger partial charge in [-0.1, -0.05) is 18.2 Å². The molecule has 2 aromatic carbocycles. The number of benzene rings is 2. The predicted molar refractivity (Wildman–Crippen MR) is 102 cm³/mol. The van der Waals surface area contributed by atoms with Gasteiger partial charge in [0.25, 0.3) is 5.91 Å². The van der Waals surface area contributed by atoms with Crippen molar-refractivity contribution in [2.75, 3.05) is 6.79 Å². The number of rotatable bonds is 3. The quantitative estimate of drug-likeness (QED) is 0.793. The zero-order valence-corrected chi connectivity index (χ0v) is 16.1. The summed E-state index contributed by atoms with van der Waals surface area (Å²) in [5, 5.41) is -0.437. The Balaban J connectivity index is 1.38. The smallest absolute Gasteiger partial charge is 0.254 e. The SMILES string of the molecule is O=C(c1ccc2c(c1)OCO2)N1C2CCC1CC(S(=O)(=O)c1ccccc1)C2. The fourth-order valence-corrected chi connectivity index (χ4v) is 6.57. The van der Waals surface area contributed by atoms with Gasteiger partial charge in [0.05, 0.1) is 10.1 Å². The van der Waals surface area contributed by atoms with Gasteiger partial charge in [-0.3, -0.25) is 4.79 Å². The van der Waals surface area contributed by atoms with Gasteiger partial charge in [0.15, 0.2) is 21.3 Å². The van der Waals surface area contributed by atoms with E-state index in [0.717, 1.165) is 12.8 Å². The fraction of sp³-hybridized carbons (Fsp3) is 0.381. The summed E-state index contributed by atoms with van der Waals surface area (Å²) in [6.45, 7) is 0.168. The molecule has 7 heteroatoms. The third-order valence-electron chi connectivity index (χ3n) is 6.05. The first-order valence-electron chi connectivity index (χ1n) is 9.55. The molecule has 0 N–H and O–H groups in total. The van der Waals surface area contributed by atoms with E-state index in [1.807, 2.05) is 11.0 Å². The van der Waals surface area contributed by atoms with Crippen LogP contribution in [0.3, 0.4) is 0 Å². The van der Waals surface area contributed by atoms with E-state index >= 15 is 0 Å². The van der Waals surface area contributed by atoms with E-state index in [1.54, 1.807) is 42.5 Å². The Hall–Kier alpha value is -2.54. The van der Waals surface area contributed by atoms with Crippen LogP contribution in [0.1, 0.15) is 36.0 Å². The maximum absolute atomic E-state index is 13.2. The van der Waals surface area contributed by atoms with Gasteiger partial charge in [0, 0.05) is 17.6 Å². The molecule has 2 atom stereocenters. The van der Waals surface area contributed by atoms with Crippen LogP contribution in [0.4, 0.5) is 0 Å². The van der Waals surface area contributed by atoms with Gasteiger partial charge in [-0.2, -0.15) is 0 Å². The predicted octanol–water partition coefficient (Wildman–Crippen LogP) is 3.02. The highest BCUT2D eigenvalue weighted by atomic mass is 32.2. The Morgan fingerprint density at radius 1 is 0.929 bits per heavy atom. The average molecular weight is 399 g/mol. The lowest BCUT2D eigenvalue weighted by Gasteiger charge is -2.38. The lowest BCUT2D eigenvalue weighted by molar-refractivity contribution is 0.0598. The van der Waals surface area contributed by atoms with Crippen molar-refractivity contribution in [1.29, 1.82) is 0 Å². The third-order valence-corrected chi connectivity index (χ3v) is 8.25. The third kappa shape index (κ3) is 2.76. The summed E-state index contributed by atoms with van der Waals surface area (Å²) in [7, 11) is -3.38. The van der Waals surface area contributed by atoms with Crippen molar-refractivity contribution >= 4 is 15.7 Å². The zero-order chi connectivity index (χ0) is 19.3. The second kappa shape index (κ2) is 6.51. The van der Waals surface area contributed by atoms with Crippen molar-refractivity contribution in [2.45, 2.75) is 47.9 Å². The molecule has 0 aliphatic carbocycles.